The number of para-hydroxylation sites is 1. The predicted molar refractivity (Wildman–Crippen MR) is 134 cm³/mol. The van der Waals surface area contributed by atoms with E-state index in [4.69, 9.17) is 14.5 Å². The molecule has 0 aliphatic carbocycles. The van der Waals surface area contributed by atoms with Gasteiger partial charge in [-0.1, -0.05) is 76.2 Å². The molecule has 8 heteroatoms. The Balaban J connectivity index is 1.51. The lowest BCUT2D eigenvalue weighted by atomic mass is 10.1. The fraction of sp³-hybridized carbons (Fsp3) is 0.160. The van der Waals surface area contributed by atoms with E-state index in [0.717, 1.165) is 32.8 Å². The van der Waals surface area contributed by atoms with Gasteiger partial charge in [0, 0.05) is 27.0 Å². The molecule has 33 heavy (non-hydrogen) atoms. The molecule has 1 atom stereocenters. The van der Waals surface area contributed by atoms with Gasteiger partial charge in [-0.2, -0.15) is 4.98 Å². The Hall–Kier alpha value is -3.10. The highest BCUT2D eigenvalue weighted by Crippen LogP contribution is 2.41. The van der Waals surface area contributed by atoms with Crippen LogP contribution in [-0.4, -0.2) is 21.8 Å². The van der Waals surface area contributed by atoms with E-state index in [9.17, 15) is 0 Å². The smallest absolute Gasteiger partial charge is 0.247 e. The van der Waals surface area contributed by atoms with Gasteiger partial charge in [0.2, 0.25) is 11.0 Å². The Morgan fingerprint density at radius 1 is 1.03 bits per heavy atom. The van der Waals surface area contributed by atoms with Gasteiger partial charge >= 0.3 is 0 Å². The van der Waals surface area contributed by atoms with Crippen LogP contribution in [0.2, 0.25) is 0 Å². The van der Waals surface area contributed by atoms with Crippen molar-refractivity contribution in [3.63, 3.8) is 0 Å². The summed E-state index contributed by atoms with van der Waals surface area (Å²) >= 11 is 5.19. The largest absolute Gasteiger partial charge is 0.494 e. The standard InChI is InChI=1S/C25H21BrN4O2S/c1-2-31-17-12-13-20(26)19(14-17)23-27-21-11-7-6-10-18(21)22-24(32-23)28-25(30-29-22)33-15-16-8-4-3-5-9-16/h3-14,23,27H,2,15H2,1H3/t23-/m1/s1. The van der Waals surface area contributed by atoms with Gasteiger partial charge in [0.15, 0.2) is 11.9 Å². The van der Waals surface area contributed by atoms with E-state index >= 15 is 0 Å². The lowest BCUT2D eigenvalue weighted by Gasteiger charge is -2.21. The minimum Gasteiger partial charge on any atom is -0.494 e. The zero-order chi connectivity index (χ0) is 22.6. The van der Waals surface area contributed by atoms with Gasteiger partial charge in [0.1, 0.15) is 5.75 Å². The van der Waals surface area contributed by atoms with E-state index in [0.29, 0.717) is 23.3 Å². The highest BCUT2D eigenvalue weighted by atomic mass is 79.9. The highest BCUT2D eigenvalue weighted by Gasteiger charge is 2.27. The van der Waals surface area contributed by atoms with E-state index in [2.05, 4.69) is 43.6 Å². The summed E-state index contributed by atoms with van der Waals surface area (Å²) in [5, 5.41) is 12.9. The van der Waals surface area contributed by atoms with Crippen molar-refractivity contribution in [3.05, 3.63) is 88.4 Å². The molecule has 3 aromatic carbocycles. The average Bonchev–Trinajstić information content (AvgIpc) is 3.01. The summed E-state index contributed by atoms with van der Waals surface area (Å²) in [4.78, 5) is 4.73. The molecule has 1 aromatic heterocycles. The molecule has 0 amide bonds. The molecule has 1 aliphatic rings. The Bertz CT molecular complexity index is 1270. The fourth-order valence-electron chi connectivity index (χ4n) is 3.55. The number of rotatable bonds is 6. The van der Waals surface area contributed by atoms with E-state index < -0.39 is 6.23 Å². The summed E-state index contributed by atoms with van der Waals surface area (Å²) in [6.07, 6.45) is -0.495. The quantitative estimate of drug-likeness (QED) is 0.291. The van der Waals surface area contributed by atoms with Crippen LogP contribution in [0.4, 0.5) is 5.69 Å². The molecule has 2 heterocycles. The number of hydrogen-bond acceptors (Lipinski definition) is 7. The Morgan fingerprint density at radius 3 is 2.70 bits per heavy atom. The number of fused-ring (bicyclic) bond motifs is 3. The van der Waals surface area contributed by atoms with E-state index in [-0.39, 0.29) is 0 Å². The van der Waals surface area contributed by atoms with Crippen molar-refractivity contribution in [2.45, 2.75) is 24.1 Å². The fourth-order valence-corrected chi connectivity index (χ4v) is 4.74. The van der Waals surface area contributed by atoms with Crippen molar-refractivity contribution < 1.29 is 9.47 Å². The van der Waals surface area contributed by atoms with E-state index in [1.54, 1.807) is 0 Å². The monoisotopic (exact) mass is 520 g/mol. The second kappa shape index (κ2) is 9.80. The first-order chi connectivity index (χ1) is 16.2. The number of benzene rings is 3. The molecule has 4 aromatic rings. The number of aromatic nitrogens is 3. The minimum atomic E-state index is -0.495. The second-order valence-corrected chi connectivity index (χ2v) is 9.12. The second-order valence-electron chi connectivity index (χ2n) is 7.33. The van der Waals surface area contributed by atoms with Gasteiger partial charge in [-0.25, -0.2) is 0 Å². The zero-order valence-electron chi connectivity index (χ0n) is 17.9. The number of halogens is 1. The van der Waals surface area contributed by atoms with Crippen LogP contribution in [0.1, 0.15) is 24.3 Å². The van der Waals surface area contributed by atoms with Crippen LogP contribution in [0, 0.1) is 0 Å². The number of ether oxygens (including phenoxy) is 2. The number of nitrogens with one attached hydrogen (secondary N) is 1. The molecular formula is C25H21BrN4O2S. The first-order valence-electron chi connectivity index (χ1n) is 10.6. The molecule has 166 valence electrons. The van der Waals surface area contributed by atoms with Crippen LogP contribution < -0.4 is 14.8 Å². The first kappa shape index (κ1) is 21.7. The number of nitrogens with zero attached hydrogens (tertiary/aromatic N) is 3. The summed E-state index contributed by atoms with van der Waals surface area (Å²) < 4.78 is 13.0. The number of anilines is 1. The van der Waals surface area contributed by atoms with E-state index in [1.165, 1.54) is 17.3 Å². The summed E-state index contributed by atoms with van der Waals surface area (Å²) in [5.74, 6) is 1.97. The average molecular weight is 521 g/mol. The molecule has 1 N–H and O–H groups in total. The van der Waals surface area contributed by atoms with Crippen molar-refractivity contribution in [2.24, 2.45) is 0 Å². The van der Waals surface area contributed by atoms with Gasteiger partial charge < -0.3 is 14.8 Å². The molecular weight excluding hydrogens is 500 g/mol. The molecule has 0 saturated carbocycles. The van der Waals surface area contributed by atoms with Gasteiger partial charge in [-0.05, 0) is 36.8 Å². The SMILES string of the molecule is CCOc1ccc(Br)c([C@@H]2Nc3ccccc3-c3nnc(SCc4ccccc4)nc3O2)c1. The van der Waals surface area contributed by atoms with Crippen molar-refractivity contribution in [2.75, 3.05) is 11.9 Å². The lowest BCUT2D eigenvalue weighted by molar-refractivity contribution is 0.223. The summed E-state index contributed by atoms with van der Waals surface area (Å²) in [7, 11) is 0. The Kier molecular flexibility index (Phi) is 6.46. The topological polar surface area (TPSA) is 69.2 Å². The van der Waals surface area contributed by atoms with E-state index in [1.807, 2.05) is 67.6 Å². The van der Waals surface area contributed by atoms with Crippen molar-refractivity contribution in [1.29, 1.82) is 0 Å². The van der Waals surface area contributed by atoms with Crippen LogP contribution in [0.3, 0.4) is 0 Å². The summed E-state index contributed by atoms with van der Waals surface area (Å²) in [6, 6.07) is 24.0. The highest BCUT2D eigenvalue weighted by molar-refractivity contribution is 9.10. The lowest BCUT2D eigenvalue weighted by Crippen LogP contribution is -2.18. The van der Waals surface area contributed by atoms with Crippen LogP contribution in [0.5, 0.6) is 11.6 Å². The molecule has 0 bridgehead atoms. The molecule has 0 radical (unpaired) electrons. The third-order valence-electron chi connectivity index (χ3n) is 5.11. The van der Waals surface area contributed by atoms with Gasteiger partial charge in [0.25, 0.3) is 0 Å². The minimum absolute atomic E-state index is 0.441. The first-order valence-corrected chi connectivity index (χ1v) is 12.4. The maximum absolute atomic E-state index is 6.41. The number of hydrogen-bond donors (Lipinski definition) is 1. The van der Waals surface area contributed by atoms with Crippen molar-refractivity contribution >= 4 is 33.4 Å². The normalized spacial score (nSPS) is 14.3. The van der Waals surface area contributed by atoms with Crippen molar-refractivity contribution in [1.82, 2.24) is 15.2 Å². The molecule has 0 unspecified atom stereocenters. The summed E-state index contributed by atoms with van der Waals surface area (Å²) in [6.45, 7) is 2.55. The van der Waals surface area contributed by atoms with Gasteiger partial charge in [-0.15, -0.1) is 10.2 Å². The maximum atomic E-state index is 6.41. The molecule has 1 aliphatic heterocycles. The van der Waals surface area contributed by atoms with Crippen LogP contribution in [0.25, 0.3) is 11.3 Å². The van der Waals surface area contributed by atoms with Crippen molar-refractivity contribution in [3.8, 4) is 22.9 Å². The Morgan fingerprint density at radius 2 is 1.85 bits per heavy atom. The predicted octanol–water partition coefficient (Wildman–Crippen LogP) is 6.50. The zero-order valence-corrected chi connectivity index (χ0v) is 20.3. The molecule has 6 nitrogen and oxygen atoms in total. The Labute approximate surface area is 204 Å². The number of thioether (sulfide) groups is 1. The molecule has 5 rings (SSSR count). The van der Waals surface area contributed by atoms with Crippen LogP contribution in [-0.2, 0) is 5.75 Å². The third kappa shape index (κ3) is 4.82. The molecule has 0 saturated heterocycles. The molecule has 0 fully saturated rings. The summed E-state index contributed by atoms with van der Waals surface area (Å²) in [5.41, 5.74) is 4.51. The maximum Gasteiger partial charge on any atom is 0.247 e. The van der Waals surface area contributed by atoms with Crippen LogP contribution >= 0.6 is 27.7 Å². The third-order valence-corrected chi connectivity index (χ3v) is 6.74. The van der Waals surface area contributed by atoms with Gasteiger partial charge in [0.05, 0.1) is 6.61 Å². The van der Waals surface area contributed by atoms with Crippen LogP contribution in [0.15, 0.2) is 82.4 Å². The van der Waals surface area contributed by atoms with Gasteiger partial charge in [-0.3, -0.25) is 0 Å². The molecule has 0 spiro atoms.